The van der Waals surface area contributed by atoms with E-state index in [9.17, 15) is 9.18 Å². The summed E-state index contributed by atoms with van der Waals surface area (Å²) in [5, 5.41) is 7.99. The van der Waals surface area contributed by atoms with Crippen molar-refractivity contribution < 1.29 is 9.18 Å². The average molecular weight is 344 g/mol. The first-order chi connectivity index (χ1) is 11.8. The van der Waals surface area contributed by atoms with E-state index in [1.54, 1.807) is 16.8 Å². The van der Waals surface area contributed by atoms with Crippen LogP contribution in [0.3, 0.4) is 0 Å². The van der Waals surface area contributed by atoms with E-state index < -0.39 is 0 Å². The number of aromatic nitrogens is 2. The van der Waals surface area contributed by atoms with E-state index >= 15 is 0 Å². The van der Waals surface area contributed by atoms with Crippen molar-refractivity contribution in [3.05, 3.63) is 47.0 Å². The van der Waals surface area contributed by atoms with Gasteiger partial charge in [-0.15, -0.1) is 0 Å². The Kier molecular flexibility index (Phi) is 4.90. The summed E-state index contributed by atoms with van der Waals surface area (Å²) in [5.74, 6) is -0.146. The van der Waals surface area contributed by atoms with Crippen LogP contribution in [-0.4, -0.2) is 45.8 Å². The molecule has 25 heavy (non-hydrogen) atoms. The van der Waals surface area contributed by atoms with Gasteiger partial charge in [-0.3, -0.25) is 4.79 Å². The van der Waals surface area contributed by atoms with Gasteiger partial charge in [0, 0.05) is 36.4 Å². The highest BCUT2D eigenvalue weighted by Gasteiger charge is 2.26. The maximum Gasteiger partial charge on any atom is 0.227 e. The van der Waals surface area contributed by atoms with Gasteiger partial charge in [-0.25, -0.2) is 9.07 Å². The molecule has 1 saturated heterocycles. The number of hydrogen-bond acceptors (Lipinski definition) is 3. The Labute approximate surface area is 147 Å². The van der Waals surface area contributed by atoms with Crippen LogP contribution in [0, 0.1) is 19.7 Å². The van der Waals surface area contributed by atoms with Gasteiger partial charge in [0.1, 0.15) is 5.82 Å². The van der Waals surface area contributed by atoms with Crippen molar-refractivity contribution in [1.82, 2.24) is 20.0 Å². The monoisotopic (exact) mass is 344 g/mol. The Morgan fingerprint density at radius 3 is 2.40 bits per heavy atom. The van der Waals surface area contributed by atoms with Crippen LogP contribution in [0.4, 0.5) is 4.39 Å². The van der Waals surface area contributed by atoms with Gasteiger partial charge < -0.3 is 10.2 Å². The second-order valence-corrected chi connectivity index (χ2v) is 6.98. The molecule has 134 valence electrons. The number of rotatable bonds is 3. The Balaban J connectivity index is 1.81. The molecule has 0 unspecified atom stereocenters. The van der Waals surface area contributed by atoms with Crippen molar-refractivity contribution in [2.75, 3.05) is 13.1 Å². The molecule has 3 rings (SSSR count). The predicted molar refractivity (Wildman–Crippen MR) is 95.3 cm³/mol. The summed E-state index contributed by atoms with van der Waals surface area (Å²) in [7, 11) is 0. The molecule has 5 nitrogen and oxygen atoms in total. The van der Waals surface area contributed by atoms with Gasteiger partial charge in [0.25, 0.3) is 0 Å². The number of carbonyl (C=O) groups is 1. The number of nitrogens with one attached hydrogen (secondary N) is 1. The van der Waals surface area contributed by atoms with Crippen LogP contribution >= 0.6 is 0 Å². The first-order valence-corrected chi connectivity index (χ1v) is 8.70. The van der Waals surface area contributed by atoms with Gasteiger partial charge in [0.15, 0.2) is 0 Å². The molecule has 2 heterocycles. The number of hydrogen-bond donors (Lipinski definition) is 1. The Bertz CT molecular complexity index is 758. The fourth-order valence-corrected chi connectivity index (χ4v) is 3.56. The second kappa shape index (κ2) is 6.96. The third-order valence-electron chi connectivity index (χ3n) is 4.75. The van der Waals surface area contributed by atoms with E-state index in [4.69, 9.17) is 0 Å². The van der Waals surface area contributed by atoms with Crippen LogP contribution in [-0.2, 0) is 11.2 Å². The van der Waals surface area contributed by atoms with Crippen LogP contribution in [0.15, 0.2) is 24.3 Å². The minimum atomic E-state index is -0.275. The predicted octanol–water partition coefficient (Wildman–Crippen LogP) is 2.38. The molecule has 6 heteroatoms. The summed E-state index contributed by atoms with van der Waals surface area (Å²) in [4.78, 5) is 14.7. The van der Waals surface area contributed by atoms with Crippen LogP contribution in [0.25, 0.3) is 5.69 Å². The van der Waals surface area contributed by atoms with Crippen molar-refractivity contribution in [3.8, 4) is 5.69 Å². The number of piperazine rings is 1. The van der Waals surface area contributed by atoms with E-state index in [1.165, 1.54) is 12.1 Å². The quantitative estimate of drug-likeness (QED) is 0.930. The molecule has 1 aliphatic heterocycles. The third-order valence-corrected chi connectivity index (χ3v) is 4.75. The molecule has 1 aliphatic rings. The second-order valence-electron chi connectivity index (χ2n) is 6.98. The summed E-state index contributed by atoms with van der Waals surface area (Å²) in [6.07, 6.45) is 0.346. The lowest BCUT2D eigenvalue weighted by Crippen LogP contribution is -2.56. The van der Waals surface area contributed by atoms with Crippen molar-refractivity contribution >= 4 is 5.91 Å². The highest BCUT2D eigenvalue weighted by molar-refractivity contribution is 5.79. The number of nitrogens with zero attached hydrogens (tertiary/aromatic N) is 3. The maximum atomic E-state index is 13.1. The highest BCUT2D eigenvalue weighted by Crippen LogP contribution is 2.20. The molecule has 0 bridgehead atoms. The fourth-order valence-electron chi connectivity index (χ4n) is 3.56. The number of aryl methyl sites for hydroxylation is 1. The van der Waals surface area contributed by atoms with Crippen LogP contribution in [0.2, 0.25) is 0 Å². The molecule has 2 aromatic rings. The molecule has 1 fully saturated rings. The fraction of sp³-hybridized carbons (Fsp3) is 0.474. The summed E-state index contributed by atoms with van der Waals surface area (Å²) >= 11 is 0. The lowest BCUT2D eigenvalue weighted by atomic mass is 10.1. The third kappa shape index (κ3) is 3.74. The van der Waals surface area contributed by atoms with E-state index in [0.29, 0.717) is 18.5 Å². The summed E-state index contributed by atoms with van der Waals surface area (Å²) < 4.78 is 14.9. The maximum absolute atomic E-state index is 13.1. The zero-order valence-electron chi connectivity index (χ0n) is 15.2. The first kappa shape index (κ1) is 17.6. The topological polar surface area (TPSA) is 50.2 Å². The van der Waals surface area contributed by atoms with Gasteiger partial charge >= 0.3 is 0 Å². The number of benzene rings is 1. The smallest absolute Gasteiger partial charge is 0.227 e. The molecule has 0 spiro atoms. The van der Waals surface area contributed by atoms with Crippen LogP contribution in [0.1, 0.15) is 30.8 Å². The Morgan fingerprint density at radius 2 is 1.80 bits per heavy atom. The largest absolute Gasteiger partial charge is 0.339 e. The van der Waals surface area contributed by atoms with Gasteiger partial charge in [-0.05, 0) is 52.0 Å². The number of carbonyl (C=O) groups excluding carboxylic acids is 1. The molecule has 1 aromatic heterocycles. The minimum absolute atomic E-state index is 0.130. The van der Waals surface area contributed by atoms with Gasteiger partial charge in [-0.2, -0.15) is 5.10 Å². The SMILES string of the molecule is Cc1nn(-c2ccc(F)cc2)c(C)c1CC(=O)N1C[C@@H](C)N[C@H](C)C1. The molecule has 1 amide bonds. The zero-order valence-corrected chi connectivity index (χ0v) is 15.2. The molecule has 0 radical (unpaired) electrons. The first-order valence-electron chi connectivity index (χ1n) is 8.70. The zero-order chi connectivity index (χ0) is 18.1. The minimum Gasteiger partial charge on any atom is -0.339 e. The molecule has 0 saturated carbocycles. The molecular weight excluding hydrogens is 319 g/mol. The van der Waals surface area contributed by atoms with Crippen LogP contribution < -0.4 is 5.32 Å². The van der Waals surface area contributed by atoms with E-state index in [0.717, 1.165) is 35.7 Å². The molecule has 0 aliphatic carbocycles. The lowest BCUT2D eigenvalue weighted by molar-refractivity contribution is -0.132. The van der Waals surface area contributed by atoms with E-state index in [1.807, 2.05) is 18.7 Å². The van der Waals surface area contributed by atoms with Gasteiger partial charge in [0.2, 0.25) is 5.91 Å². The van der Waals surface area contributed by atoms with Gasteiger partial charge in [0.05, 0.1) is 17.8 Å². The Hall–Kier alpha value is -2.21. The molecule has 1 aromatic carbocycles. The van der Waals surface area contributed by atoms with Gasteiger partial charge in [-0.1, -0.05) is 0 Å². The summed E-state index contributed by atoms with van der Waals surface area (Å²) in [6, 6.07) is 6.83. The number of halogens is 1. The average Bonchev–Trinajstić information content (AvgIpc) is 2.83. The molecule has 2 atom stereocenters. The standard InChI is InChI=1S/C19H25FN4O/c1-12-10-23(11-13(2)21-12)19(25)9-18-14(3)22-24(15(18)4)17-7-5-16(20)6-8-17/h5-8,12-13,21H,9-11H2,1-4H3/t12-,13-/m1/s1. The lowest BCUT2D eigenvalue weighted by Gasteiger charge is -2.36. The van der Waals surface area contributed by atoms with E-state index in [-0.39, 0.29) is 11.7 Å². The summed E-state index contributed by atoms with van der Waals surface area (Å²) in [5.41, 5.74) is 3.51. The van der Waals surface area contributed by atoms with Crippen molar-refractivity contribution in [3.63, 3.8) is 0 Å². The normalized spacial score (nSPS) is 20.8. The van der Waals surface area contributed by atoms with Crippen LogP contribution in [0.5, 0.6) is 0 Å². The highest BCUT2D eigenvalue weighted by atomic mass is 19.1. The molecule has 1 N–H and O–H groups in total. The van der Waals surface area contributed by atoms with Crippen molar-refractivity contribution in [2.24, 2.45) is 0 Å². The molecular formula is C19H25FN4O. The summed E-state index contributed by atoms with van der Waals surface area (Å²) in [6.45, 7) is 9.52. The Morgan fingerprint density at radius 1 is 1.20 bits per heavy atom. The number of amides is 1. The van der Waals surface area contributed by atoms with Crippen molar-refractivity contribution in [1.29, 1.82) is 0 Å². The van der Waals surface area contributed by atoms with E-state index in [2.05, 4.69) is 24.3 Å². The van der Waals surface area contributed by atoms with Crippen molar-refractivity contribution in [2.45, 2.75) is 46.2 Å².